The van der Waals surface area contributed by atoms with Gasteiger partial charge in [0.25, 0.3) is 0 Å². The number of aryl methyl sites for hydroxylation is 1. The Morgan fingerprint density at radius 2 is 1.78 bits per heavy atom. The molecule has 0 atom stereocenters. The molecular formula is C22H17N3O2. The summed E-state index contributed by atoms with van der Waals surface area (Å²) in [5.74, 6) is 1.28. The lowest BCUT2D eigenvalue weighted by Crippen LogP contribution is -1.95. The van der Waals surface area contributed by atoms with Crippen molar-refractivity contribution in [1.29, 1.82) is 0 Å². The summed E-state index contributed by atoms with van der Waals surface area (Å²) < 4.78 is 11.5. The molecule has 0 spiro atoms. The van der Waals surface area contributed by atoms with E-state index >= 15 is 0 Å². The number of hydrogen-bond donors (Lipinski definition) is 0. The SMILES string of the molecule is Cc1cc(OCc2nc3ccccc3o2)ccc1N=C=Nc1ccccc1. The van der Waals surface area contributed by atoms with Gasteiger partial charge < -0.3 is 9.15 Å². The zero-order valence-corrected chi connectivity index (χ0v) is 14.8. The van der Waals surface area contributed by atoms with E-state index in [-0.39, 0.29) is 6.61 Å². The molecule has 27 heavy (non-hydrogen) atoms. The van der Waals surface area contributed by atoms with Gasteiger partial charge in [-0.1, -0.05) is 30.3 Å². The van der Waals surface area contributed by atoms with Crippen molar-refractivity contribution >= 4 is 28.5 Å². The third-order valence-electron chi connectivity index (χ3n) is 3.97. The maximum atomic E-state index is 5.79. The molecule has 5 heteroatoms. The molecule has 4 aromatic rings. The summed E-state index contributed by atoms with van der Waals surface area (Å²) in [6.07, 6.45) is 0. The molecule has 132 valence electrons. The maximum absolute atomic E-state index is 5.79. The topological polar surface area (TPSA) is 60.0 Å². The summed E-state index contributed by atoms with van der Waals surface area (Å²) in [6, 6.07) is 25.6. The molecule has 0 unspecified atom stereocenters. The number of aliphatic imine (C=N–C) groups is 2. The van der Waals surface area contributed by atoms with Gasteiger partial charge in [0.1, 0.15) is 17.3 Å². The Hall–Kier alpha value is -3.69. The second-order valence-corrected chi connectivity index (χ2v) is 5.97. The van der Waals surface area contributed by atoms with Crippen molar-refractivity contribution in [1.82, 2.24) is 4.98 Å². The summed E-state index contributed by atoms with van der Waals surface area (Å²) in [7, 11) is 0. The van der Waals surface area contributed by atoms with Crippen LogP contribution in [0.5, 0.6) is 5.75 Å². The molecule has 0 aliphatic heterocycles. The Morgan fingerprint density at radius 1 is 0.963 bits per heavy atom. The largest absolute Gasteiger partial charge is 0.484 e. The molecule has 0 bridgehead atoms. The highest BCUT2D eigenvalue weighted by atomic mass is 16.5. The normalized spacial score (nSPS) is 10.4. The van der Waals surface area contributed by atoms with Crippen molar-refractivity contribution in [2.24, 2.45) is 9.98 Å². The summed E-state index contributed by atoms with van der Waals surface area (Å²) in [5.41, 5.74) is 4.17. The summed E-state index contributed by atoms with van der Waals surface area (Å²) in [5, 5.41) is 0. The quantitative estimate of drug-likeness (QED) is 0.422. The first-order chi connectivity index (χ1) is 13.3. The first-order valence-electron chi connectivity index (χ1n) is 8.57. The molecule has 0 aliphatic rings. The van der Waals surface area contributed by atoms with Crippen molar-refractivity contribution < 1.29 is 9.15 Å². The third-order valence-corrected chi connectivity index (χ3v) is 3.97. The Kier molecular flexibility index (Phi) is 4.77. The smallest absolute Gasteiger partial charge is 0.233 e. The number of benzene rings is 3. The van der Waals surface area contributed by atoms with Gasteiger partial charge in [-0.05, 0) is 55.0 Å². The molecular weight excluding hydrogens is 338 g/mol. The van der Waals surface area contributed by atoms with Crippen LogP contribution in [0.3, 0.4) is 0 Å². The first-order valence-corrected chi connectivity index (χ1v) is 8.57. The highest BCUT2D eigenvalue weighted by Crippen LogP contribution is 2.24. The molecule has 1 aromatic heterocycles. The van der Waals surface area contributed by atoms with Crippen LogP contribution in [0.2, 0.25) is 0 Å². The van der Waals surface area contributed by atoms with E-state index in [0.717, 1.165) is 33.8 Å². The second kappa shape index (κ2) is 7.68. The minimum atomic E-state index is 0.270. The molecule has 3 aromatic carbocycles. The average Bonchev–Trinajstić information content (AvgIpc) is 3.12. The lowest BCUT2D eigenvalue weighted by atomic mass is 10.2. The van der Waals surface area contributed by atoms with E-state index in [0.29, 0.717) is 5.89 Å². The average molecular weight is 355 g/mol. The lowest BCUT2D eigenvalue weighted by Gasteiger charge is -2.05. The maximum Gasteiger partial charge on any atom is 0.233 e. The summed E-state index contributed by atoms with van der Waals surface area (Å²) in [4.78, 5) is 12.9. The molecule has 0 radical (unpaired) electrons. The van der Waals surface area contributed by atoms with E-state index in [9.17, 15) is 0 Å². The van der Waals surface area contributed by atoms with Crippen LogP contribution in [0.25, 0.3) is 11.1 Å². The zero-order valence-electron chi connectivity index (χ0n) is 14.8. The van der Waals surface area contributed by atoms with Crippen LogP contribution in [0.4, 0.5) is 11.4 Å². The van der Waals surface area contributed by atoms with E-state index in [1.807, 2.05) is 79.7 Å². The fourth-order valence-electron chi connectivity index (χ4n) is 2.61. The van der Waals surface area contributed by atoms with Crippen LogP contribution >= 0.6 is 0 Å². The first kappa shape index (κ1) is 16.8. The number of aromatic nitrogens is 1. The van der Waals surface area contributed by atoms with Gasteiger partial charge in [0, 0.05) is 0 Å². The predicted molar refractivity (Wildman–Crippen MR) is 105 cm³/mol. The van der Waals surface area contributed by atoms with E-state index in [2.05, 4.69) is 21.0 Å². The molecule has 4 rings (SSSR count). The fraction of sp³-hybridized carbons (Fsp3) is 0.0909. The monoisotopic (exact) mass is 355 g/mol. The molecule has 5 nitrogen and oxygen atoms in total. The molecule has 0 saturated carbocycles. The van der Waals surface area contributed by atoms with Gasteiger partial charge in [-0.15, -0.1) is 0 Å². The Balaban J connectivity index is 1.44. The number of ether oxygens (including phenoxy) is 1. The summed E-state index contributed by atoms with van der Waals surface area (Å²) in [6.45, 7) is 2.24. The van der Waals surface area contributed by atoms with Crippen molar-refractivity contribution in [2.45, 2.75) is 13.5 Å². The minimum absolute atomic E-state index is 0.270. The van der Waals surface area contributed by atoms with Crippen molar-refractivity contribution in [3.63, 3.8) is 0 Å². The number of rotatable bonds is 5. The van der Waals surface area contributed by atoms with Crippen molar-refractivity contribution in [3.05, 3.63) is 84.3 Å². The van der Waals surface area contributed by atoms with Gasteiger partial charge in [-0.3, -0.25) is 0 Å². The predicted octanol–water partition coefficient (Wildman–Crippen LogP) is 5.85. The molecule has 0 amide bonds. The van der Waals surface area contributed by atoms with Crippen LogP contribution in [-0.4, -0.2) is 11.0 Å². The van der Waals surface area contributed by atoms with Gasteiger partial charge in [0.05, 0.1) is 11.4 Å². The molecule has 1 heterocycles. The second-order valence-electron chi connectivity index (χ2n) is 5.97. The van der Waals surface area contributed by atoms with Gasteiger partial charge in [-0.2, -0.15) is 9.98 Å². The number of oxazole rings is 1. The third kappa shape index (κ3) is 4.11. The van der Waals surface area contributed by atoms with E-state index in [4.69, 9.17) is 9.15 Å². The van der Waals surface area contributed by atoms with Crippen LogP contribution in [0.1, 0.15) is 11.5 Å². The Morgan fingerprint density at radius 3 is 2.59 bits per heavy atom. The molecule has 0 saturated heterocycles. The van der Waals surface area contributed by atoms with Crippen LogP contribution in [0, 0.1) is 6.92 Å². The summed E-state index contributed by atoms with van der Waals surface area (Å²) >= 11 is 0. The number of nitrogens with zero attached hydrogens (tertiary/aromatic N) is 3. The Labute approximate surface area is 156 Å². The lowest BCUT2D eigenvalue weighted by molar-refractivity contribution is 0.267. The highest BCUT2D eigenvalue weighted by molar-refractivity contribution is 5.72. The zero-order chi connectivity index (χ0) is 18.5. The van der Waals surface area contributed by atoms with Gasteiger partial charge >= 0.3 is 0 Å². The number of para-hydroxylation sites is 3. The number of fused-ring (bicyclic) bond motifs is 1. The van der Waals surface area contributed by atoms with E-state index in [1.165, 1.54) is 0 Å². The van der Waals surface area contributed by atoms with Gasteiger partial charge in [-0.25, -0.2) is 4.98 Å². The molecule has 0 fully saturated rings. The van der Waals surface area contributed by atoms with Crippen LogP contribution in [0.15, 0.2) is 87.2 Å². The fourth-order valence-corrected chi connectivity index (χ4v) is 2.61. The molecule has 0 aliphatic carbocycles. The van der Waals surface area contributed by atoms with Crippen molar-refractivity contribution in [3.8, 4) is 5.75 Å². The van der Waals surface area contributed by atoms with Crippen molar-refractivity contribution in [2.75, 3.05) is 0 Å². The molecule has 0 N–H and O–H groups in total. The van der Waals surface area contributed by atoms with Crippen LogP contribution < -0.4 is 4.74 Å². The van der Waals surface area contributed by atoms with Gasteiger partial charge in [0.2, 0.25) is 5.89 Å². The number of hydrogen-bond acceptors (Lipinski definition) is 5. The van der Waals surface area contributed by atoms with E-state index < -0.39 is 0 Å². The van der Waals surface area contributed by atoms with Crippen LogP contribution in [-0.2, 0) is 6.61 Å². The van der Waals surface area contributed by atoms with Gasteiger partial charge in [0.15, 0.2) is 12.2 Å². The van der Waals surface area contributed by atoms with E-state index in [1.54, 1.807) is 0 Å². The highest BCUT2D eigenvalue weighted by Gasteiger charge is 2.06. The Bertz CT molecular complexity index is 1090. The standard InChI is InChI=1S/C22H17N3O2/c1-16-13-18(26-14-22-25-20-9-5-6-10-21(20)27-22)11-12-19(16)24-15-23-17-7-3-2-4-8-17/h2-13H,14H2,1H3. The minimum Gasteiger partial charge on any atom is -0.484 e.